The lowest BCUT2D eigenvalue weighted by atomic mass is 9.55. The van der Waals surface area contributed by atoms with Crippen molar-refractivity contribution in [2.24, 2.45) is 17.3 Å². The topological polar surface area (TPSA) is 26.3 Å². The maximum Gasteiger partial charge on any atom is 0.137 e. The van der Waals surface area contributed by atoms with Crippen molar-refractivity contribution in [2.75, 3.05) is 6.61 Å². The van der Waals surface area contributed by atoms with E-state index in [-0.39, 0.29) is 5.60 Å². The predicted molar refractivity (Wildman–Crippen MR) is 85.4 cm³/mol. The number of rotatable bonds is 0. The Labute approximate surface area is 133 Å². The lowest BCUT2D eigenvalue weighted by molar-refractivity contribution is -0.211. The van der Waals surface area contributed by atoms with Gasteiger partial charge in [0.2, 0.25) is 0 Å². The first-order valence-corrected chi connectivity index (χ1v) is 9.20. The summed E-state index contributed by atoms with van der Waals surface area (Å²) in [6.45, 7) is 3.48. The van der Waals surface area contributed by atoms with Crippen LogP contribution >= 0.6 is 0 Å². The molecule has 4 atom stereocenters. The molecule has 0 radical (unpaired) electrons. The molecule has 2 nitrogen and oxygen atoms in total. The molecular weight excluding hydrogens is 272 g/mol. The summed E-state index contributed by atoms with van der Waals surface area (Å²) in [7, 11) is 0. The van der Waals surface area contributed by atoms with Crippen molar-refractivity contribution in [3.8, 4) is 0 Å². The summed E-state index contributed by atoms with van der Waals surface area (Å²) < 4.78 is 6.17. The van der Waals surface area contributed by atoms with Gasteiger partial charge in [0.1, 0.15) is 5.78 Å². The van der Waals surface area contributed by atoms with Crippen LogP contribution in [0.4, 0.5) is 0 Å². The van der Waals surface area contributed by atoms with Crippen molar-refractivity contribution in [2.45, 2.75) is 70.3 Å². The van der Waals surface area contributed by atoms with Gasteiger partial charge in [0.25, 0.3) is 0 Å². The third-order valence-electron chi connectivity index (χ3n) is 7.83. The summed E-state index contributed by atoms with van der Waals surface area (Å²) in [4.78, 5) is 11.8. The van der Waals surface area contributed by atoms with E-state index in [4.69, 9.17) is 4.74 Å². The number of hydrogen-bond donors (Lipinski definition) is 0. The molecule has 1 saturated heterocycles. The third kappa shape index (κ3) is 1.52. The van der Waals surface area contributed by atoms with Crippen molar-refractivity contribution < 1.29 is 9.53 Å². The van der Waals surface area contributed by atoms with Crippen LogP contribution < -0.4 is 0 Å². The standard InChI is InChI=1S/C20H26O2/c1-19-8-6-16-15-5-3-14(21)12-13(15)2-4-17(16)18(19)7-9-20(19)10-11-22-20/h6,17-18H,2-5,7-12H2,1H3/t17-,18+,19+,20?/m1/s1. The fourth-order valence-electron chi connectivity index (χ4n) is 6.49. The molecule has 0 amide bonds. The molecule has 0 aromatic rings. The van der Waals surface area contributed by atoms with Crippen LogP contribution in [-0.4, -0.2) is 18.0 Å². The Morgan fingerprint density at radius 1 is 1.18 bits per heavy atom. The van der Waals surface area contributed by atoms with Gasteiger partial charge in [0.15, 0.2) is 0 Å². The van der Waals surface area contributed by atoms with Crippen LogP contribution in [-0.2, 0) is 9.53 Å². The number of hydrogen-bond acceptors (Lipinski definition) is 2. The van der Waals surface area contributed by atoms with Gasteiger partial charge < -0.3 is 4.74 Å². The lowest BCUT2D eigenvalue weighted by Gasteiger charge is -2.55. The van der Waals surface area contributed by atoms with Crippen molar-refractivity contribution in [3.63, 3.8) is 0 Å². The summed E-state index contributed by atoms with van der Waals surface area (Å²) >= 11 is 0. The second-order valence-corrected chi connectivity index (χ2v) is 8.46. The highest BCUT2D eigenvalue weighted by atomic mass is 16.5. The van der Waals surface area contributed by atoms with E-state index in [0.717, 1.165) is 37.7 Å². The fraction of sp³-hybridized carbons (Fsp3) is 0.750. The van der Waals surface area contributed by atoms with Crippen LogP contribution in [0, 0.1) is 17.3 Å². The van der Waals surface area contributed by atoms with E-state index in [9.17, 15) is 4.79 Å². The van der Waals surface area contributed by atoms with Gasteiger partial charge in [-0.1, -0.05) is 18.6 Å². The fourth-order valence-corrected chi connectivity index (χ4v) is 6.49. The molecule has 0 N–H and O–H groups in total. The van der Waals surface area contributed by atoms with E-state index in [1.165, 1.54) is 44.1 Å². The molecule has 0 bridgehead atoms. The number of ether oxygens (including phenoxy) is 1. The summed E-state index contributed by atoms with van der Waals surface area (Å²) in [5.74, 6) is 2.01. The molecule has 1 heterocycles. The summed E-state index contributed by atoms with van der Waals surface area (Å²) in [5, 5.41) is 0. The third-order valence-corrected chi connectivity index (χ3v) is 7.83. The van der Waals surface area contributed by atoms with E-state index < -0.39 is 0 Å². The number of carbonyl (C=O) groups is 1. The minimum absolute atomic E-state index is 0.205. The van der Waals surface area contributed by atoms with E-state index in [2.05, 4.69) is 13.0 Å². The maximum atomic E-state index is 11.8. The van der Waals surface area contributed by atoms with Gasteiger partial charge in [-0.15, -0.1) is 0 Å². The first-order valence-electron chi connectivity index (χ1n) is 9.20. The molecular formula is C20H26O2. The van der Waals surface area contributed by atoms with Crippen molar-refractivity contribution in [3.05, 3.63) is 22.8 Å². The summed E-state index contributed by atoms with van der Waals surface area (Å²) in [6.07, 6.45) is 12.6. The van der Waals surface area contributed by atoms with Crippen LogP contribution in [0.25, 0.3) is 0 Å². The largest absolute Gasteiger partial charge is 0.374 e. The quantitative estimate of drug-likeness (QED) is 0.664. The lowest BCUT2D eigenvalue weighted by Crippen LogP contribution is -2.56. The van der Waals surface area contributed by atoms with E-state index in [0.29, 0.717) is 11.2 Å². The second-order valence-electron chi connectivity index (χ2n) is 8.46. The van der Waals surface area contributed by atoms with Gasteiger partial charge >= 0.3 is 0 Å². The van der Waals surface area contributed by atoms with Gasteiger partial charge in [-0.2, -0.15) is 0 Å². The number of allylic oxidation sites excluding steroid dienone is 4. The molecule has 118 valence electrons. The van der Waals surface area contributed by atoms with Crippen LogP contribution in [0.2, 0.25) is 0 Å². The Kier molecular flexibility index (Phi) is 2.67. The smallest absolute Gasteiger partial charge is 0.137 e. The minimum atomic E-state index is 0.205. The molecule has 22 heavy (non-hydrogen) atoms. The van der Waals surface area contributed by atoms with Gasteiger partial charge in [0.05, 0.1) is 12.2 Å². The van der Waals surface area contributed by atoms with Crippen molar-refractivity contribution in [1.82, 2.24) is 0 Å². The highest BCUT2D eigenvalue weighted by Crippen LogP contribution is 2.66. The van der Waals surface area contributed by atoms with Gasteiger partial charge in [-0.3, -0.25) is 4.79 Å². The Balaban J connectivity index is 1.54. The zero-order valence-corrected chi connectivity index (χ0v) is 13.6. The van der Waals surface area contributed by atoms with Crippen molar-refractivity contribution in [1.29, 1.82) is 0 Å². The van der Waals surface area contributed by atoms with Gasteiger partial charge in [-0.05, 0) is 61.5 Å². The van der Waals surface area contributed by atoms with E-state index in [1.54, 1.807) is 11.1 Å². The highest BCUT2D eigenvalue weighted by Gasteiger charge is 2.63. The van der Waals surface area contributed by atoms with Crippen LogP contribution in [0.1, 0.15) is 64.7 Å². The van der Waals surface area contributed by atoms with E-state index >= 15 is 0 Å². The van der Waals surface area contributed by atoms with Gasteiger partial charge in [-0.25, -0.2) is 0 Å². The molecule has 2 heteroatoms. The minimum Gasteiger partial charge on any atom is -0.374 e. The maximum absolute atomic E-state index is 11.8. The first-order chi connectivity index (χ1) is 10.6. The normalized spacial score (nSPS) is 46.8. The highest BCUT2D eigenvalue weighted by molar-refractivity contribution is 5.83. The average molecular weight is 298 g/mol. The summed E-state index contributed by atoms with van der Waals surface area (Å²) in [6, 6.07) is 0. The van der Waals surface area contributed by atoms with E-state index in [1.807, 2.05) is 0 Å². The summed E-state index contributed by atoms with van der Waals surface area (Å²) in [5.41, 5.74) is 5.29. The molecule has 4 aliphatic carbocycles. The Morgan fingerprint density at radius 3 is 2.82 bits per heavy atom. The van der Waals surface area contributed by atoms with Crippen LogP contribution in [0.15, 0.2) is 22.8 Å². The predicted octanol–water partition coefficient (Wildman–Crippen LogP) is 4.35. The molecule has 1 unspecified atom stereocenters. The molecule has 2 fully saturated rings. The number of fused-ring (bicyclic) bond motifs is 5. The zero-order chi connectivity index (χ0) is 14.9. The Hall–Kier alpha value is -0.890. The average Bonchev–Trinajstić information content (AvgIpc) is 2.79. The number of Topliss-reactive ketones (excluding diaryl/α,β-unsaturated/α-hetero) is 1. The molecule has 1 saturated carbocycles. The Morgan fingerprint density at radius 2 is 2.05 bits per heavy atom. The monoisotopic (exact) mass is 298 g/mol. The second kappa shape index (κ2) is 4.35. The van der Waals surface area contributed by atoms with Gasteiger partial charge in [0, 0.05) is 24.7 Å². The molecule has 5 rings (SSSR count). The SMILES string of the molecule is C[C@]12CC=C3C4=C(CC[C@H]3[C@@H]1CCC21CCO1)CC(=O)CC4. The first kappa shape index (κ1) is 13.5. The molecule has 1 spiro atoms. The number of ketones is 1. The Bertz CT molecular complexity index is 607. The van der Waals surface area contributed by atoms with Crippen molar-refractivity contribution >= 4 is 5.78 Å². The van der Waals surface area contributed by atoms with Crippen LogP contribution in [0.5, 0.6) is 0 Å². The molecule has 0 aromatic heterocycles. The zero-order valence-electron chi connectivity index (χ0n) is 13.6. The molecule has 5 aliphatic rings. The number of carbonyl (C=O) groups excluding carboxylic acids is 1. The van der Waals surface area contributed by atoms with Crippen LogP contribution in [0.3, 0.4) is 0 Å². The molecule has 0 aromatic carbocycles. The molecule has 1 aliphatic heterocycles.